The van der Waals surface area contributed by atoms with Gasteiger partial charge in [0.1, 0.15) is 0 Å². The Balaban J connectivity index is 1.98. The minimum atomic E-state index is 0.102. The Hall–Kier alpha value is -1.35. The van der Waals surface area contributed by atoms with Gasteiger partial charge in [0.15, 0.2) is 0 Å². The van der Waals surface area contributed by atoms with Crippen molar-refractivity contribution in [3.05, 3.63) is 35.4 Å². The van der Waals surface area contributed by atoms with Crippen LogP contribution in [0, 0.1) is 5.92 Å². The zero-order valence-electron chi connectivity index (χ0n) is 12.3. The standard InChI is InChI=1S/C17H25NO2/c1-2-3-5-14-7-9-16(10-8-14)17(20)18-11-4-6-15(12-18)13-19/h7-10,15,19H,2-6,11-13H2,1H3. The lowest BCUT2D eigenvalue weighted by atomic mass is 9.98. The summed E-state index contributed by atoms with van der Waals surface area (Å²) in [5.41, 5.74) is 2.07. The molecule has 1 aromatic rings. The van der Waals surface area contributed by atoms with Crippen molar-refractivity contribution in [2.24, 2.45) is 5.92 Å². The number of carbonyl (C=O) groups excluding carboxylic acids is 1. The highest BCUT2D eigenvalue weighted by Gasteiger charge is 2.23. The summed E-state index contributed by atoms with van der Waals surface area (Å²) >= 11 is 0. The third-order valence-corrected chi connectivity index (χ3v) is 4.08. The summed E-state index contributed by atoms with van der Waals surface area (Å²) in [6, 6.07) is 8.01. The highest BCUT2D eigenvalue weighted by molar-refractivity contribution is 5.94. The summed E-state index contributed by atoms with van der Waals surface area (Å²) in [6.07, 6.45) is 5.48. The molecule has 3 heteroatoms. The molecule has 1 saturated heterocycles. The molecule has 0 radical (unpaired) electrons. The van der Waals surface area contributed by atoms with Crippen LogP contribution in [0.15, 0.2) is 24.3 Å². The number of aliphatic hydroxyl groups is 1. The number of carbonyl (C=O) groups is 1. The van der Waals surface area contributed by atoms with Crippen LogP contribution in [-0.4, -0.2) is 35.6 Å². The average Bonchev–Trinajstić information content (AvgIpc) is 2.52. The van der Waals surface area contributed by atoms with Gasteiger partial charge in [-0.1, -0.05) is 25.5 Å². The van der Waals surface area contributed by atoms with E-state index >= 15 is 0 Å². The summed E-state index contributed by atoms with van der Waals surface area (Å²) in [6.45, 7) is 3.87. The third kappa shape index (κ3) is 3.83. The van der Waals surface area contributed by atoms with Crippen molar-refractivity contribution < 1.29 is 9.90 Å². The molecule has 0 saturated carbocycles. The molecule has 0 aromatic heterocycles. The molecule has 1 heterocycles. The number of amides is 1. The molecule has 20 heavy (non-hydrogen) atoms. The lowest BCUT2D eigenvalue weighted by Crippen LogP contribution is -2.40. The third-order valence-electron chi connectivity index (χ3n) is 4.08. The van der Waals surface area contributed by atoms with Crippen LogP contribution in [0.2, 0.25) is 0 Å². The first-order valence-corrected chi connectivity index (χ1v) is 7.73. The number of nitrogens with zero attached hydrogens (tertiary/aromatic N) is 1. The molecule has 1 aliphatic rings. The van der Waals surface area contributed by atoms with Gasteiger partial charge in [-0.2, -0.15) is 0 Å². The molecular formula is C17H25NO2. The van der Waals surface area contributed by atoms with Crippen molar-refractivity contribution >= 4 is 5.91 Å². The number of rotatable bonds is 5. The second kappa shape index (κ2) is 7.44. The van der Waals surface area contributed by atoms with Gasteiger partial charge < -0.3 is 10.0 Å². The molecule has 1 unspecified atom stereocenters. The van der Waals surface area contributed by atoms with Gasteiger partial charge in [-0.25, -0.2) is 0 Å². The first-order valence-electron chi connectivity index (χ1n) is 7.73. The Morgan fingerprint density at radius 2 is 2.10 bits per heavy atom. The second-order valence-corrected chi connectivity index (χ2v) is 5.74. The minimum Gasteiger partial charge on any atom is -0.396 e. The fraction of sp³-hybridized carbons (Fsp3) is 0.588. The lowest BCUT2D eigenvalue weighted by Gasteiger charge is -2.32. The number of piperidine rings is 1. The zero-order valence-corrected chi connectivity index (χ0v) is 12.3. The van der Waals surface area contributed by atoms with E-state index in [4.69, 9.17) is 0 Å². The van der Waals surface area contributed by atoms with E-state index in [-0.39, 0.29) is 18.4 Å². The molecule has 0 aliphatic carbocycles. The predicted octanol–water partition coefficient (Wildman–Crippen LogP) is 2.87. The molecule has 3 nitrogen and oxygen atoms in total. The molecule has 1 fully saturated rings. The first-order chi connectivity index (χ1) is 9.74. The van der Waals surface area contributed by atoms with Crippen molar-refractivity contribution in [2.75, 3.05) is 19.7 Å². The molecule has 1 atom stereocenters. The Morgan fingerprint density at radius 3 is 2.75 bits per heavy atom. The fourth-order valence-corrected chi connectivity index (χ4v) is 2.78. The average molecular weight is 275 g/mol. The maximum Gasteiger partial charge on any atom is 0.253 e. The number of hydrogen-bond donors (Lipinski definition) is 1. The van der Waals surface area contributed by atoms with Crippen LogP contribution in [-0.2, 0) is 6.42 Å². The van der Waals surface area contributed by atoms with E-state index in [9.17, 15) is 9.90 Å². The molecule has 0 bridgehead atoms. The van der Waals surface area contributed by atoms with Gasteiger partial charge in [-0.3, -0.25) is 4.79 Å². The summed E-state index contributed by atoms with van der Waals surface area (Å²) in [7, 11) is 0. The Labute approximate surface area is 121 Å². The van der Waals surface area contributed by atoms with Crippen molar-refractivity contribution in [1.82, 2.24) is 4.90 Å². The minimum absolute atomic E-state index is 0.102. The molecule has 1 N–H and O–H groups in total. The van der Waals surface area contributed by atoms with Crippen LogP contribution in [0.1, 0.15) is 48.5 Å². The van der Waals surface area contributed by atoms with Crippen LogP contribution < -0.4 is 0 Å². The molecule has 1 aromatic carbocycles. The van der Waals surface area contributed by atoms with E-state index in [1.807, 2.05) is 17.0 Å². The SMILES string of the molecule is CCCCc1ccc(C(=O)N2CCCC(CO)C2)cc1. The van der Waals surface area contributed by atoms with Crippen LogP contribution in [0.3, 0.4) is 0 Å². The van der Waals surface area contributed by atoms with Crippen LogP contribution in [0.4, 0.5) is 0 Å². The maximum atomic E-state index is 12.4. The summed E-state index contributed by atoms with van der Waals surface area (Å²) in [5.74, 6) is 0.349. The number of aliphatic hydroxyl groups excluding tert-OH is 1. The first kappa shape index (κ1) is 15.0. The van der Waals surface area contributed by atoms with Crippen molar-refractivity contribution in [1.29, 1.82) is 0 Å². The molecule has 2 rings (SSSR count). The highest BCUT2D eigenvalue weighted by Crippen LogP contribution is 2.18. The highest BCUT2D eigenvalue weighted by atomic mass is 16.3. The Kier molecular flexibility index (Phi) is 5.60. The number of unbranched alkanes of at least 4 members (excludes halogenated alkanes) is 1. The second-order valence-electron chi connectivity index (χ2n) is 5.74. The number of aryl methyl sites for hydroxylation is 1. The smallest absolute Gasteiger partial charge is 0.253 e. The molecule has 110 valence electrons. The van der Waals surface area contributed by atoms with E-state index < -0.39 is 0 Å². The van der Waals surface area contributed by atoms with Crippen molar-refractivity contribution in [3.63, 3.8) is 0 Å². The molecular weight excluding hydrogens is 250 g/mol. The summed E-state index contributed by atoms with van der Waals surface area (Å²) in [5, 5.41) is 9.24. The number of hydrogen-bond acceptors (Lipinski definition) is 2. The zero-order chi connectivity index (χ0) is 14.4. The van der Waals surface area contributed by atoms with Crippen LogP contribution in [0.5, 0.6) is 0 Å². The van der Waals surface area contributed by atoms with Gasteiger partial charge in [-0.15, -0.1) is 0 Å². The van der Waals surface area contributed by atoms with Crippen LogP contribution in [0.25, 0.3) is 0 Å². The Morgan fingerprint density at radius 1 is 1.35 bits per heavy atom. The largest absolute Gasteiger partial charge is 0.396 e. The fourth-order valence-electron chi connectivity index (χ4n) is 2.78. The topological polar surface area (TPSA) is 40.5 Å². The number of likely N-dealkylation sites (tertiary alicyclic amines) is 1. The van der Waals surface area contributed by atoms with Gasteiger partial charge in [0, 0.05) is 25.3 Å². The van der Waals surface area contributed by atoms with Gasteiger partial charge in [0.25, 0.3) is 5.91 Å². The lowest BCUT2D eigenvalue weighted by molar-refractivity contribution is 0.0620. The van der Waals surface area contributed by atoms with E-state index in [0.29, 0.717) is 6.54 Å². The van der Waals surface area contributed by atoms with Crippen LogP contribution >= 0.6 is 0 Å². The normalized spacial score (nSPS) is 19.1. The van der Waals surface area contributed by atoms with Crippen molar-refractivity contribution in [3.8, 4) is 0 Å². The Bertz CT molecular complexity index is 427. The van der Waals surface area contributed by atoms with E-state index in [1.54, 1.807) is 0 Å². The van der Waals surface area contributed by atoms with Gasteiger partial charge in [0.2, 0.25) is 0 Å². The summed E-state index contributed by atoms with van der Waals surface area (Å²) < 4.78 is 0. The predicted molar refractivity (Wildman–Crippen MR) is 80.8 cm³/mol. The van der Waals surface area contributed by atoms with E-state index in [0.717, 1.165) is 31.4 Å². The molecule has 1 amide bonds. The van der Waals surface area contributed by atoms with Gasteiger partial charge in [-0.05, 0) is 49.3 Å². The monoisotopic (exact) mass is 275 g/mol. The van der Waals surface area contributed by atoms with Crippen molar-refractivity contribution in [2.45, 2.75) is 39.0 Å². The summed E-state index contributed by atoms with van der Waals surface area (Å²) in [4.78, 5) is 14.3. The van der Waals surface area contributed by atoms with E-state index in [2.05, 4.69) is 19.1 Å². The van der Waals surface area contributed by atoms with Gasteiger partial charge >= 0.3 is 0 Å². The maximum absolute atomic E-state index is 12.4. The van der Waals surface area contributed by atoms with E-state index in [1.165, 1.54) is 18.4 Å². The molecule has 0 spiro atoms. The quantitative estimate of drug-likeness (QED) is 0.897. The molecule has 1 aliphatic heterocycles. The number of benzene rings is 1. The van der Waals surface area contributed by atoms with Gasteiger partial charge in [0.05, 0.1) is 0 Å².